The average molecular weight is 263 g/mol. The first-order chi connectivity index (χ1) is 9.17. The van der Waals surface area contributed by atoms with Crippen molar-refractivity contribution in [1.82, 2.24) is 0 Å². The van der Waals surface area contributed by atoms with E-state index in [1.54, 1.807) is 0 Å². The van der Waals surface area contributed by atoms with Gasteiger partial charge in [-0.15, -0.1) is 0 Å². The first kappa shape index (κ1) is 14.4. The van der Waals surface area contributed by atoms with Crippen molar-refractivity contribution < 1.29 is 9.84 Å². The molecule has 1 aromatic carbocycles. The van der Waals surface area contributed by atoms with Gasteiger partial charge in [0.2, 0.25) is 0 Å². The van der Waals surface area contributed by atoms with Crippen LogP contribution in [0.1, 0.15) is 38.2 Å². The molecule has 1 aromatic rings. The fourth-order valence-corrected chi connectivity index (χ4v) is 2.76. The van der Waals surface area contributed by atoms with Gasteiger partial charge in [0, 0.05) is 12.3 Å². The zero-order valence-electron chi connectivity index (χ0n) is 12.0. The molecular formula is C16H25NO2. The Balaban J connectivity index is 2.06. The molecule has 2 rings (SSSR count). The minimum Gasteiger partial charge on any atom is -0.394 e. The molecule has 2 atom stereocenters. The van der Waals surface area contributed by atoms with Crippen molar-refractivity contribution in [3.05, 3.63) is 29.8 Å². The summed E-state index contributed by atoms with van der Waals surface area (Å²) in [6.45, 7) is 5.14. The highest BCUT2D eigenvalue weighted by Gasteiger charge is 2.36. The Morgan fingerprint density at radius 2 is 2.11 bits per heavy atom. The highest BCUT2D eigenvalue weighted by atomic mass is 16.5. The zero-order valence-corrected chi connectivity index (χ0v) is 12.0. The molecule has 2 unspecified atom stereocenters. The smallest absolute Gasteiger partial charge is 0.0663 e. The molecule has 1 saturated heterocycles. The molecule has 0 amide bonds. The third-order valence-electron chi connectivity index (χ3n) is 3.93. The molecule has 0 saturated carbocycles. The van der Waals surface area contributed by atoms with Crippen LogP contribution in [0, 0.1) is 6.92 Å². The predicted molar refractivity (Wildman–Crippen MR) is 78.5 cm³/mol. The number of aryl methyl sites for hydroxylation is 1. The molecule has 0 bridgehead atoms. The molecular weight excluding hydrogens is 238 g/mol. The van der Waals surface area contributed by atoms with E-state index in [0.29, 0.717) is 0 Å². The molecule has 0 aromatic heterocycles. The third kappa shape index (κ3) is 3.71. The summed E-state index contributed by atoms with van der Waals surface area (Å²) in [5.74, 6) is 0. The van der Waals surface area contributed by atoms with Crippen LogP contribution in [0.15, 0.2) is 24.3 Å². The van der Waals surface area contributed by atoms with Crippen molar-refractivity contribution in [2.45, 2.75) is 51.2 Å². The number of hydrogen-bond donors (Lipinski definition) is 2. The van der Waals surface area contributed by atoms with Crippen LogP contribution in [0.3, 0.4) is 0 Å². The highest BCUT2D eigenvalue weighted by Crippen LogP contribution is 2.30. The number of hydrogen-bond acceptors (Lipinski definition) is 3. The standard InChI is InChI=1S/C16H25NO2/c1-3-4-15-11-16(12-18,9-10-19-15)17-14-7-5-13(2)6-8-14/h5-8,15,17-18H,3-4,9-12H2,1-2H3. The number of benzene rings is 1. The van der Waals surface area contributed by atoms with E-state index >= 15 is 0 Å². The molecule has 1 heterocycles. The number of aliphatic hydroxyl groups excluding tert-OH is 1. The van der Waals surface area contributed by atoms with Gasteiger partial charge < -0.3 is 15.2 Å². The number of anilines is 1. The lowest BCUT2D eigenvalue weighted by atomic mass is 9.85. The van der Waals surface area contributed by atoms with E-state index in [2.05, 4.69) is 43.4 Å². The summed E-state index contributed by atoms with van der Waals surface area (Å²) < 4.78 is 5.78. The molecule has 0 radical (unpaired) electrons. The Kier molecular flexibility index (Phi) is 4.83. The first-order valence-corrected chi connectivity index (χ1v) is 7.25. The lowest BCUT2D eigenvalue weighted by molar-refractivity contribution is -0.0299. The van der Waals surface area contributed by atoms with Crippen LogP contribution >= 0.6 is 0 Å². The van der Waals surface area contributed by atoms with Crippen molar-refractivity contribution in [2.75, 3.05) is 18.5 Å². The maximum atomic E-state index is 9.83. The number of rotatable bonds is 5. The van der Waals surface area contributed by atoms with Gasteiger partial charge in [-0.3, -0.25) is 0 Å². The number of nitrogens with one attached hydrogen (secondary N) is 1. The molecule has 2 N–H and O–H groups in total. The summed E-state index contributed by atoms with van der Waals surface area (Å²) in [6, 6.07) is 8.35. The van der Waals surface area contributed by atoms with Crippen LogP contribution < -0.4 is 5.32 Å². The molecule has 1 fully saturated rings. The fraction of sp³-hybridized carbons (Fsp3) is 0.625. The molecule has 0 spiro atoms. The van der Waals surface area contributed by atoms with E-state index in [9.17, 15) is 5.11 Å². The van der Waals surface area contributed by atoms with Crippen molar-refractivity contribution in [1.29, 1.82) is 0 Å². The van der Waals surface area contributed by atoms with Crippen LogP contribution in [-0.2, 0) is 4.74 Å². The number of ether oxygens (including phenoxy) is 1. The van der Waals surface area contributed by atoms with Gasteiger partial charge in [0.05, 0.1) is 18.2 Å². The van der Waals surface area contributed by atoms with Crippen LogP contribution in [-0.4, -0.2) is 30.0 Å². The van der Waals surface area contributed by atoms with Gasteiger partial charge >= 0.3 is 0 Å². The number of aliphatic hydroxyl groups is 1. The Morgan fingerprint density at radius 3 is 2.74 bits per heavy atom. The summed E-state index contributed by atoms with van der Waals surface area (Å²) in [4.78, 5) is 0. The Hall–Kier alpha value is -1.06. The van der Waals surface area contributed by atoms with E-state index in [1.807, 2.05) is 0 Å². The van der Waals surface area contributed by atoms with Crippen LogP contribution in [0.4, 0.5) is 5.69 Å². The summed E-state index contributed by atoms with van der Waals surface area (Å²) >= 11 is 0. The second-order valence-corrected chi connectivity index (χ2v) is 5.67. The van der Waals surface area contributed by atoms with Crippen molar-refractivity contribution in [3.63, 3.8) is 0 Å². The van der Waals surface area contributed by atoms with Crippen LogP contribution in [0.5, 0.6) is 0 Å². The van der Waals surface area contributed by atoms with Gasteiger partial charge in [-0.25, -0.2) is 0 Å². The SMILES string of the molecule is CCCC1CC(CO)(Nc2ccc(C)cc2)CCO1. The summed E-state index contributed by atoms with van der Waals surface area (Å²) in [7, 11) is 0. The van der Waals surface area contributed by atoms with E-state index in [4.69, 9.17) is 4.74 Å². The maximum absolute atomic E-state index is 9.83. The second kappa shape index (κ2) is 6.40. The normalized spacial score (nSPS) is 27.2. The fourth-order valence-electron chi connectivity index (χ4n) is 2.76. The molecule has 0 aliphatic carbocycles. The molecule has 1 aliphatic heterocycles. The topological polar surface area (TPSA) is 41.5 Å². The Labute approximate surface area is 116 Å². The predicted octanol–water partition coefficient (Wildman–Crippen LogP) is 3.12. The zero-order chi connectivity index (χ0) is 13.7. The van der Waals surface area contributed by atoms with Gasteiger partial charge in [-0.05, 0) is 38.3 Å². The summed E-state index contributed by atoms with van der Waals surface area (Å²) in [6.07, 6.45) is 4.19. The van der Waals surface area contributed by atoms with E-state index in [1.165, 1.54) is 5.56 Å². The van der Waals surface area contributed by atoms with Gasteiger partial charge in [-0.1, -0.05) is 31.0 Å². The minimum atomic E-state index is -0.229. The first-order valence-electron chi connectivity index (χ1n) is 7.25. The van der Waals surface area contributed by atoms with Crippen molar-refractivity contribution in [3.8, 4) is 0 Å². The Morgan fingerprint density at radius 1 is 1.37 bits per heavy atom. The maximum Gasteiger partial charge on any atom is 0.0663 e. The van der Waals surface area contributed by atoms with Crippen molar-refractivity contribution >= 4 is 5.69 Å². The van der Waals surface area contributed by atoms with Gasteiger partial charge in [0.15, 0.2) is 0 Å². The van der Waals surface area contributed by atoms with Gasteiger partial charge in [0.1, 0.15) is 0 Å². The van der Waals surface area contributed by atoms with E-state index in [-0.39, 0.29) is 18.2 Å². The minimum absolute atomic E-state index is 0.157. The van der Waals surface area contributed by atoms with Crippen LogP contribution in [0.25, 0.3) is 0 Å². The molecule has 1 aliphatic rings. The van der Waals surface area contributed by atoms with Crippen molar-refractivity contribution in [2.24, 2.45) is 0 Å². The summed E-state index contributed by atoms with van der Waals surface area (Å²) in [5.41, 5.74) is 2.10. The highest BCUT2D eigenvalue weighted by molar-refractivity contribution is 5.47. The quantitative estimate of drug-likeness (QED) is 0.857. The lowest BCUT2D eigenvalue weighted by Gasteiger charge is -2.41. The third-order valence-corrected chi connectivity index (χ3v) is 3.93. The molecule has 19 heavy (non-hydrogen) atoms. The monoisotopic (exact) mass is 263 g/mol. The molecule has 3 nitrogen and oxygen atoms in total. The van der Waals surface area contributed by atoms with Gasteiger partial charge in [-0.2, -0.15) is 0 Å². The Bertz CT molecular complexity index is 388. The lowest BCUT2D eigenvalue weighted by Crippen LogP contribution is -2.49. The van der Waals surface area contributed by atoms with Gasteiger partial charge in [0.25, 0.3) is 0 Å². The largest absolute Gasteiger partial charge is 0.394 e. The molecule has 3 heteroatoms. The van der Waals surface area contributed by atoms with E-state index < -0.39 is 0 Å². The molecule has 106 valence electrons. The summed E-state index contributed by atoms with van der Waals surface area (Å²) in [5, 5.41) is 13.4. The van der Waals surface area contributed by atoms with E-state index in [0.717, 1.165) is 38.0 Å². The second-order valence-electron chi connectivity index (χ2n) is 5.67. The average Bonchev–Trinajstić information content (AvgIpc) is 2.42. The van der Waals surface area contributed by atoms with Crippen LogP contribution in [0.2, 0.25) is 0 Å².